The Morgan fingerprint density at radius 1 is 1.39 bits per heavy atom. The van der Waals surface area contributed by atoms with Gasteiger partial charge in [0.05, 0.1) is 10.7 Å². The second-order valence-corrected chi connectivity index (χ2v) is 4.80. The van der Waals surface area contributed by atoms with Crippen LogP contribution in [0.2, 0.25) is 5.02 Å². The number of carbonyl (C=O) groups is 2. The molecule has 1 aromatic carbocycles. The Kier molecular flexibility index (Phi) is 5.55. The monoisotopic (exact) mass is 337 g/mol. The minimum atomic E-state index is -0.955. The first kappa shape index (κ1) is 14.9. The van der Waals surface area contributed by atoms with E-state index in [1.807, 2.05) is 0 Å². The molecule has 98 valence electrons. The summed E-state index contributed by atoms with van der Waals surface area (Å²) in [4.78, 5) is 21.8. The van der Waals surface area contributed by atoms with Crippen LogP contribution in [0, 0.1) is 5.82 Å². The third kappa shape index (κ3) is 4.62. The Labute approximate surface area is 116 Å². The summed E-state index contributed by atoms with van der Waals surface area (Å²) in [5.41, 5.74) is 0.276. The van der Waals surface area contributed by atoms with Gasteiger partial charge in [0.15, 0.2) is 0 Å². The summed E-state index contributed by atoms with van der Waals surface area (Å²) in [7, 11) is 0. The molecule has 1 aromatic rings. The van der Waals surface area contributed by atoms with Crippen LogP contribution in [-0.2, 0) is 9.59 Å². The molecule has 4 nitrogen and oxygen atoms in total. The number of carboxylic acids is 1. The van der Waals surface area contributed by atoms with E-state index in [0.29, 0.717) is 4.47 Å². The zero-order chi connectivity index (χ0) is 13.7. The Morgan fingerprint density at radius 3 is 2.61 bits per heavy atom. The lowest BCUT2D eigenvalue weighted by atomic mass is 10.2. The number of nitrogens with one attached hydrogen (secondary N) is 1. The summed E-state index contributed by atoms with van der Waals surface area (Å²) in [5, 5.41) is 11.0. The van der Waals surface area contributed by atoms with Crippen molar-refractivity contribution >= 4 is 45.1 Å². The van der Waals surface area contributed by atoms with Crippen molar-refractivity contribution in [3.05, 3.63) is 27.4 Å². The first-order chi connectivity index (χ1) is 8.40. The van der Waals surface area contributed by atoms with Crippen LogP contribution in [-0.4, -0.2) is 17.0 Å². The summed E-state index contributed by atoms with van der Waals surface area (Å²) >= 11 is 8.87. The summed E-state index contributed by atoms with van der Waals surface area (Å²) in [6, 6.07) is 2.26. The lowest BCUT2D eigenvalue weighted by Crippen LogP contribution is -2.12. The fourth-order valence-electron chi connectivity index (χ4n) is 1.26. The fraction of sp³-hybridized carbons (Fsp3) is 0.273. The molecular weight excluding hydrogens is 328 g/mol. The van der Waals surface area contributed by atoms with Gasteiger partial charge in [-0.15, -0.1) is 0 Å². The Balaban J connectivity index is 2.62. The zero-order valence-corrected chi connectivity index (χ0v) is 11.5. The average molecular weight is 339 g/mol. The molecule has 18 heavy (non-hydrogen) atoms. The normalized spacial score (nSPS) is 10.2. The lowest BCUT2D eigenvalue weighted by Gasteiger charge is -2.09. The number of halogens is 3. The smallest absolute Gasteiger partial charge is 0.303 e. The topological polar surface area (TPSA) is 66.4 Å². The van der Waals surface area contributed by atoms with Gasteiger partial charge in [-0.05, 0) is 34.5 Å². The summed E-state index contributed by atoms with van der Waals surface area (Å²) < 4.78 is 13.3. The SMILES string of the molecule is O=C(O)CCCC(=O)Nc1c(Cl)cc(F)cc1Br. The molecule has 0 saturated carbocycles. The van der Waals surface area contributed by atoms with Crippen LogP contribution in [0.3, 0.4) is 0 Å². The van der Waals surface area contributed by atoms with Gasteiger partial charge in [-0.3, -0.25) is 9.59 Å². The summed E-state index contributed by atoms with van der Waals surface area (Å²) in [5.74, 6) is -1.84. The predicted octanol–water partition coefficient (Wildman–Crippen LogP) is 3.44. The predicted molar refractivity (Wildman–Crippen MR) is 69.2 cm³/mol. The number of rotatable bonds is 5. The van der Waals surface area contributed by atoms with E-state index in [0.717, 1.165) is 6.07 Å². The number of amides is 1. The number of aliphatic carboxylic acids is 1. The molecule has 1 amide bonds. The molecule has 0 heterocycles. The van der Waals surface area contributed by atoms with Gasteiger partial charge < -0.3 is 10.4 Å². The van der Waals surface area contributed by atoms with Crippen molar-refractivity contribution in [1.29, 1.82) is 0 Å². The average Bonchev–Trinajstić information content (AvgIpc) is 2.22. The summed E-state index contributed by atoms with van der Waals surface area (Å²) in [6.45, 7) is 0. The molecule has 0 spiro atoms. The molecule has 0 bridgehead atoms. The Bertz CT molecular complexity index is 458. The molecule has 1 rings (SSSR count). The van der Waals surface area contributed by atoms with Gasteiger partial charge in [0.1, 0.15) is 5.82 Å². The molecule has 0 saturated heterocycles. The van der Waals surface area contributed by atoms with Crippen LogP contribution in [0.5, 0.6) is 0 Å². The Hall–Kier alpha value is -1.14. The fourth-order valence-corrected chi connectivity index (χ4v) is 2.16. The molecule has 7 heteroatoms. The molecule has 0 aliphatic heterocycles. The van der Waals surface area contributed by atoms with Crippen LogP contribution in [0.25, 0.3) is 0 Å². The zero-order valence-electron chi connectivity index (χ0n) is 9.17. The van der Waals surface area contributed by atoms with Crippen LogP contribution in [0.1, 0.15) is 19.3 Å². The van der Waals surface area contributed by atoms with Crippen LogP contribution in [0.15, 0.2) is 16.6 Å². The van der Waals surface area contributed by atoms with Crippen LogP contribution >= 0.6 is 27.5 Å². The number of carboxylic acid groups (broad SMARTS) is 1. The van der Waals surface area contributed by atoms with Gasteiger partial charge in [-0.25, -0.2) is 4.39 Å². The standard InChI is InChI=1S/C11H10BrClFNO3/c12-7-4-6(14)5-8(13)11(7)15-9(16)2-1-3-10(17)18/h4-5H,1-3H2,(H,15,16)(H,17,18). The van der Waals surface area contributed by atoms with Gasteiger partial charge in [-0.2, -0.15) is 0 Å². The molecule has 0 unspecified atom stereocenters. The van der Waals surface area contributed by atoms with Crippen LogP contribution < -0.4 is 5.32 Å². The van der Waals surface area contributed by atoms with Crippen molar-refractivity contribution in [3.8, 4) is 0 Å². The molecule has 0 atom stereocenters. The van der Waals surface area contributed by atoms with E-state index in [9.17, 15) is 14.0 Å². The highest BCUT2D eigenvalue weighted by atomic mass is 79.9. The lowest BCUT2D eigenvalue weighted by molar-refractivity contribution is -0.137. The minimum Gasteiger partial charge on any atom is -0.481 e. The van der Waals surface area contributed by atoms with E-state index >= 15 is 0 Å². The second-order valence-electron chi connectivity index (χ2n) is 3.54. The number of hydrogen-bond donors (Lipinski definition) is 2. The molecule has 0 radical (unpaired) electrons. The molecule has 2 N–H and O–H groups in total. The number of benzene rings is 1. The maximum absolute atomic E-state index is 12.9. The molecule has 0 aliphatic carbocycles. The molecular formula is C11H10BrClFNO3. The number of carbonyl (C=O) groups excluding carboxylic acids is 1. The van der Waals surface area contributed by atoms with E-state index < -0.39 is 11.8 Å². The quantitative estimate of drug-likeness (QED) is 0.864. The van der Waals surface area contributed by atoms with E-state index in [2.05, 4.69) is 21.2 Å². The van der Waals surface area contributed by atoms with Crippen molar-refractivity contribution < 1.29 is 19.1 Å². The molecule has 0 fully saturated rings. The van der Waals surface area contributed by atoms with E-state index in [4.69, 9.17) is 16.7 Å². The van der Waals surface area contributed by atoms with Gasteiger partial charge in [-0.1, -0.05) is 11.6 Å². The first-order valence-electron chi connectivity index (χ1n) is 5.06. The third-order valence-electron chi connectivity index (χ3n) is 2.07. The van der Waals surface area contributed by atoms with Crippen molar-refractivity contribution in [2.24, 2.45) is 0 Å². The highest BCUT2D eigenvalue weighted by molar-refractivity contribution is 9.10. The van der Waals surface area contributed by atoms with Crippen LogP contribution in [0.4, 0.5) is 10.1 Å². The minimum absolute atomic E-state index is 0.0619. The maximum atomic E-state index is 12.9. The van der Waals surface area contributed by atoms with Gasteiger partial charge >= 0.3 is 5.97 Å². The van der Waals surface area contributed by atoms with Crippen molar-refractivity contribution in [1.82, 2.24) is 0 Å². The molecule has 0 aromatic heterocycles. The number of anilines is 1. The third-order valence-corrected chi connectivity index (χ3v) is 2.99. The van der Waals surface area contributed by atoms with Gasteiger partial charge in [0.25, 0.3) is 0 Å². The van der Waals surface area contributed by atoms with Gasteiger partial charge in [0.2, 0.25) is 5.91 Å². The van der Waals surface area contributed by atoms with Crippen molar-refractivity contribution in [3.63, 3.8) is 0 Å². The first-order valence-corrected chi connectivity index (χ1v) is 6.23. The van der Waals surface area contributed by atoms with E-state index in [1.165, 1.54) is 6.07 Å². The summed E-state index contributed by atoms with van der Waals surface area (Å²) in [6.07, 6.45) is 0.218. The van der Waals surface area contributed by atoms with Gasteiger partial charge in [0, 0.05) is 17.3 Å². The maximum Gasteiger partial charge on any atom is 0.303 e. The molecule has 0 aliphatic rings. The Morgan fingerprint density at radius 2 is 2.06 bits per heavy atom. The second kappa shape index (κ2) is 6.70. The highest BCUT2D eigenvalue weighted by Crippen LogP contribution is 2.31. The van der Waals surface area contributed by atoms with E-state index in [-0.39, 0.29) is 35.9 Å². The highest BCUT2D eigenvalue weighted by Gasteiger charge is 2.11. The van der Waals surface area contributed by atoms with Crippen molar-refractivity contribution in [2.75, 3.05) is 5.32 Å². The van der Waals surface area contributed by atoms with E-state index in [1.54, 1.807) is 0 Å². The largest absolute Gasteiger partial charge is 0.481 e. The number of hydrogen-bond acceptors (Lipinski definition) is 2. The van der Waals surface area contributed by atoms with Crippen molar-refractivity contribution in [2.45, 2.75) is 19.3 Å².